The summed E-state index contributed by atoms with van der Waals surface area (Å²) in [6, 6.07) is 64.2. The molecule has 0 bridgehead atoms. The number of hydrogen-bond acceptors (Lipinski definition) is 1. The minimum Gasteiger partial charge on any atom is -0.309 e. The SMILES string of the molecule is c1ccc(-c2cc(-c3ccccc3)cc(-c3cccc(-n4c5ccccc5c5c6sc7ccccc7c6c6ccccc6c54)c3)c2)cc1. The average Bonchev–Trinajstić information content (AvgIpc) is 3.72. The molecule has 48 heavy (non-hydrogen) atoms. The zero-order chi connectivity index (χ0) is 31.6. The summed E-state index contributed by atoms with van der Waals surface area (Å²) in [6.07, 6.45) is 0. The number of para-hydroxylation sites is 1. The van der Waals surface area contributed by atoms with Crippen molar-refractivity contribution in [3.05, 3.63) is 176 Å². The van der Waals surface area contributed by atoms with Crippen LogP contribution < -0.4 is 0 Å². The second-order valence-electron chi connectivity index (χ2n) is 12.5. The molecule has 0 atom stereocenters. The first-order valence-corrected chi connectivity index (χ1v) is 17.3. The van der Waals surface area contributed by atoms with E-state index in [4.69, 9.17) is 0 Å². The maximum atomic E-state index is 2.50. The van der Waals surface area contributed by atoms with Gasteiger partial charge in [0.15, 0.2) is 0 Å². The predicted molar refractivity (Wildman–Crippen MR) is 207 cm³/mol. The lowest BCUT2D eigenvalue weighted by molar-refractivity contribution is 1.19. The second kappa shape index (κ2) is 10.8. The van der Waals surface area contributed by atoms with Gasteiger partial charge < -0.3 is 4.57 Å². The number of aromatic nitrogens is 1. The molecular weight excluding hydrogens is 599 g/mol. The molecule has 0 spiro atoms. The number of hydrogen-bond donors (Lipinski definition) is 0. The van der Waals surface area contributed by atoms with E-state index in [1.54, 1.807) is 0 Å². The lowest BCUT2D eigenvalue weighted by atomic mass is 9.93. The van der Waals surface area contributed by atoms with Crippen LogP contribution in [0.25, 0.3) is 91.8 Å². The fourth-order valence-electron chi connectivity index (χ4n) is 7.60. The van der Waals surface area contributed by atoms with Crippen LogP contribution in [0.4, 0.5) is 0 Å². The maximum Gasteiger partial charge on any atom is 0.0634 e. The summed E-state index contributed by atoms with van der Waals surface area (Å²) in [5, 5.41) is 7.91. The molecule has 0 aliphatic rings. The summed E-state index contributed by atoms with van der Waals surface area (Å²) in [4.78, 5) is 0. The van der Waals surface area contributed by atoms with Crippen molar-refractivity contribution >= 4 is 64.1 Å². The third kappa shape index (κ3) is 4.17. The first kappa shape index (κ1) is 27.2. The molecule has 1 nitrogen and oxygen atoms in total. The van der Waals surface area contributed by atoms with Crippen LogP contribution in [0.15, 0.2) is 176 Å². The Morgan fingerprint density at radius 3 is 1.60 bits per heavy atom. The molecule has 0 unspecified atom stereocenters. The van der Waals surface area contributed by atoms with Crippen molar-refractivity contribution < 1.29 is 0 Å². The van der Waals surface area contributed by atoms with Crippen LogP contribution in [0.1, 0.15) is 0 Å². The minimum absolute atomic E-state index is 1.16. The highest BCUT2D eigenvalue weighted by Crippen LogP contribution is 2.48. The first-order valence-electron chi connectivity index (χ1n) is 16.4. The molecular formula is C46H29NS. The van der Waals surface area contributed by atoms with E-state index in [2.05, 4.69) is 180 Å². The zero-order valence-corrected chi connectivity index (χ0v) is 26.9. The van der Waals surface area contributed by atoms with Crippen molar-refractivity contribution in [3.8, 4) is 39.1 Å². The molecule has 224 valence electrons. The minimum atomic E-state index is 1.16. The highest BCUT2D eigenvalue weighted by molar-refractivity contribution is 7.27. The Kier molecular flexibility index (Phi) is 6.12. The molecule has 0 aliphatic carbocycles. The normalized spacial score (nSPS) is 11.8. The summed E-state index contributed by atoms with van der Waals surface area (Å²) in [5.74, 6) is 0. The zero-order valence-electron chi connectivity index (χ0n) is 26.1. The van der Waals surface area contributed by atoms with Gasteiger partial charge >= 0.3 is 0 Å². The summed E-state index contributed by atoms with van der Waals surface area (Å²) >= 11 is 1.92. The van der Waals surface area contributed by atoms with Crippen molar-refractivity contribution in [1.29, 1.82) is 0 Å². The molecule has 2 heterocycles. The van der Waals surface area contributed by atoms with Gasteiger partial charge in [-0.3, -0.25) is 0 Å². The molecule has 0 saturated carbocycles. The molecule has 10 aromatic rings. The number of benzene rings is 8. The number of rotatable bonds is 4. The standard InChI is InChI=1S/C46H29NS/c1-3-14-30(15-4-1)33-26-34(31-16-5-2-6-17-31)28-35(27-33)32-18-13-19-36(29-32)47-41-24-11-9-22-39(41)44-45(47)38-21-8-7-20-37(38)43-40-23-10-12-25-42(40)48-46(43)44/h1-29H. The summed E-state index contributed by atoms with van der Waals surface area (Å²) in [5.41, 5.74) is 10.9. The van der Waals surface area contributed by atoms with Gasteiger partial charge in [-0.15, -0.1) is 11.3 Å². The molecule has 0 aliphatic heterocycles. The van der Waals surface area contributed by atoms with Crippen molar-refractivity contribution in [2.24, 2.45) is 0 Å². The Labute approximate surface area is 282 Å². The van der Waals surface area contributed by atoms with Gasteiger partial charge in [0.1, 0.15) is 0 Å². The Morgan fingerprint density at radius 1 is 0.354 bits per heavy atom. The van der Waals surface area contributed by atoms with E-state index in [1.807, 2.05) is 11.3 Å². The van der Waals surface area contributed by atoms with Crippen molar-refractivity contribution in [3.63, 3.8) is 0 Å². The highest BCUT2D eigenvalue weighted by Gasteiger charge is 2.21. The van der Waals surface area contributed by atoms with Crippen LogP contribution in [-0.2, 0) is 0 Å². The van der Waals surface area contributed by atoms with Gasteiger partial charge in [-0.05, 0) is 81.2 Å². The number of nitrogens with zero attached hydrogens (tertiary/aromatic N) is 1. The van der Waals surface area contributed by atoms with E-state index in [-0.39, 0.29) is 0 Å². The molecule has 0 amide bonds. The van der Waals surface area contributed by atoms with Gasteiger partial charge in [0.25, 0.3) is 0 Å². The van der Waals surface area contributed by atoms with E-state index in [1.165, 1.54) is 86.1 Å². The molecule has 2 aromatic heterocycles. The Morgan fingerprint density at radius 2 is 0.896 bits per heavy atom. The molecule has 0 radical (unpaired) electrons. The summed E-state index contributed by atoms with van der Waals surface area (Å²) in [7, 11) is 0. The van der Waals surface area contributed by atoms with E-state index in [9.17, 15) is 0 Å². The lowest BCUT2D eigenvalue weighted by Crippen LogP contribution is -1.95. The molecule has 8 aromatic carbocycles. The lowest BCUT2D eigenvalue weighted by Gasteiger charge is -2.14. The maximum absolute atomic E-state index is 2.50. The van der Waals surface area contributed by atoms with Gasteiger partial charge in [0.2, 0.25) is 0 Å². The largest absolute Gasteiger partial charge is 0.309 e. The Bertz CT molecular complexity index is 2760. The monoisotopic (exact) mass is 627 g/mol. The smallest absolute Gasteiger partial charge is 0.0634 e. The number of thiophene rings is 1. The van der Waals surface area contributed by atoms with Crippen molar-refractivity contribution in [1.82, 2.24) is 4.57 Å². The van der Waals surface area contributed by atoms with E-state index >= 15 is 0 Å². The van der Waals surface area contributed by atoms with E-state index in [0.717, 1.165) is 5.69 Å². The fraction of sp³-hybridized carbons (Fsp3) is 0. The van der Waals surface area contributed by atoms with Crippen LogP contribution in [0.3, 0.4) is 0 Å². The van der Waals surface area contributed by atoms with Crippen molar-refractivity contribution in [2.45, 2.75) is 0 Å². The van der Waals surface area contributed by atoms with Crippen LogP contribution in [0, 0.1) is 0 Å². The van der Waals surface area contributed by atoms with Crippen molar-refractivity contribution in [2.75, 3.05) is 0 Å². The van der Waals surface area contributed by atoms with Crippen LogP contribution in [0.5, 0.6) is 0 Å². The van der Waals surface area contributed by atoms with Crippen LogP contribution >= 0.6 is 11.3 Å². The van der Waals surface area contributed by atoms with Crippen LogP contribution in [-0.4, -0.2) is 4.57 Å². The van der Waals surface area contributed by atoms with Gasteiger partial charge in [-0.2, -0.15) is 0 Å². The van der Waals surface area contributed by atoms with Gasteiger partial charge in [-0.25, -0.2) is 0 Å². The van der Waals surface area contributed by atoms with E-state index in [0.29, 0.717) is 0 Å². The number of fused-ring (bicyclic) bond motifs is 10. The summed E-state index contributed by atoms with van der Waals surface area (Å²) < 4.78 is 5.19. The van der Waals surface area contributed by atoms with Gasteiger partial charge in [0, 0.05) is 42.0 Å². The third-order valence-corrected chi connectivity index (χ3v) is 10.9. The Balaban J connectivity index is 1.27. The average molecular weight is 628 g/mol. The van der Waals surface area contributed by atoms with Crippen LogP contribution in [0.2, 0.25) is 0 Å². The summed E-state index contributed by atoms with van der Waals surface area (Å²) in [6.45, 7) is 0. The molecule has 2 heteroatoms. The predicted octanol–water partition coefficient (Wildman–Crippen LogP) is 13.3. The van der Waals surface area contributed by atoms with E-state index < -0.39 is 0 Å². The molecule has 10 rings (SSSR count). The Hall–Kier alpha value is -5.96. The first-order chi connectivity index (χ1) is 23.8. The third-order valence-electron chi connectivity index (χ3n) is 9.73. The molecule has 0 N–H and O–H groups in total. The quantitative estimate of drug-likeness (QED) is 0.183. The highest BCUT2D eigenvalue weighted by atomic mass is 32.1. The molecule has 0 fully saturated rings. The topological polar surface area (TPSA) is 4.93 Å². The fourth-order valence-corrected chi connectivity index (χ4v) is 8.88. The second-order valence-corrected chi connectivity index (χ2v) is 13.6. The molecule has 0 saturated heterocycles. The van der Waals surface area contributed by atoms with Gasteiger partial charge in [-0.1, -0.05) is 133 Å². The van der Waals surface area contributed by atoms with Gasteiger partial charge in [0.05, 0.1) is 11.0 Å².